The van der Waals surface area contributed by atoms with Gasteiger partial charge < -0.3 is 5.11 Å². The lowest BCUT2D eigenvalue weighted by Crippen LogP contribution is -2.50. The number of hydrogen-bond donors (Lipinski definition) is 1. The van der Waals surface area contributed by atoms with Crippen LogP contribution in [0.15, 0.2) is 0 Å². The number of hydrogen-bond acceptors (Lipinski definition) is 3. The molecule has 2 aliphatic rings. The van der Waals surface area contributed by atoms with Crippen molar-refractivity contribution in [1.82, 2.24) is 4.90 Å². The normalized spacial score (nSPS) is 32.2. The zero-order valence-corrected chi connectivity index (χ0v) is 10.8. The van der Waals surface area contributed by atoms with Crippen LogP contribution in [0.25, 0.3) is 0 Å². The maximum absolute atomic E-state index is 12.3. The largest absolute Gasteiger partial charge is 0.388 e. The molecule has 1 aliphatic carbocycles. The molecule has 1 unspecified atom stereocenters. The molecule has 2 rings (SSSR count). The van der Waals surface area contributed by atoms with Crippen LogP contribution in [0.3, 0.4) is 0 Å². The van der Waals surface area contributed by atoms with E-state index in [1.54, 1.807) is 0 Å². The van der Waals surface area contributed by atoms with Crippen molar-refractivity contribution in [2.75, 3.05) is 6.54 Å². The first kappa shape index (κ1) is 12.6. The number of aliphatic hydroxyl groups is 1. The van der Waals surface area contributed by atoms with Gasteiger partial charge in [-0.1, -0.05) is 13.8 Å². The number of carbonyl (C=O) groups excluding carboxylic acids is 2. The summed E-state index contributed by atoms with van der Waals surface area (Å²) in [6.07, 6.45) is 2.65. The van der Waals surface area contributed by atoms with Gasteiger partial charge in [0.15, 0.2) is 0 Å². The highest BCUT2D eigenvalue weighted by Crippen LogP contribution is 2.41. The molecule has 0 aromatic heterocycles. The van der Waals surface area contributed by atoms with Gasteiger partial charge in [0.25, 0.3) is 0 Å². The van der Waals surface area contributed by atoms with Crippen molar-refractivity contribution in [3.63, 3.8) is 0 Å². The Morgan fingerprint density at radius 1 is 1.35 bits per heavy atom. The summed E-state index contributed by atoms with van der Waals surface area (Å²) in [4.78, 5) is 25.5. The van der Waals surface area contributed by atoms with Crippen LogP contribution in [-0.4, -0.2) is 34.0 Å². The third-order valence-corrected chi connectivity index (χ3v) is 4.56. The number of likely N-dealkylation sites (tertiary alicyclic amines) is 1. The maximum Gasteiger partial charge on any atom is 0.235 e. The Morgan fingerprint density at radius 2 is 1.94 bits per heavy atom. The molecule has 96 valence electrons. The van der Waals surface area contributed by atoms with E-state index in [1.165, 1.54) is 4.90 Å². The molecule has 1 atom stereocenters. The SMILES string of the molecule is CC(C)C1(C)CC(=O)N(CC2(O)CCC2)C1=O. The summed E-state index contributed by atoms with van der Waals surface area (Å²) in [7, 11) is 0. The second kappa shape index (κ2) is 3.80. The first-order chi connectivity index (χ1) is 7.78. The first-order valence-corrected chi connectivity index (χ1v) is 6.36. The monoisotopic (exact) mass is 239 g/mol. The predicted octanol–water partition coefficient (Wildman–Crippen LogP) is 1.32. The smallest absolute Gasteiger partial charge is 0.235 e. The van der Waals surface area contributed by atoms with E-state index in [0.717, 1.165) is 6.42 Å². The van der Waals surface area contributed by atoms with Gasteiger partial charge in [-0.25, -0.2) is 0 Å². The number of carbonyl (C=O) groups is 2. The molecule has 1 saturated carbocycles. The second-order valence-electron chi connectivity index (χ2n) is 6.11. The second-order valence-corrected chi connectivity index (χ2v) is 6.11. The Kier molecular flexibility index (Phi) is 2.81. The molecule has 0 aromatic rings. The fourth-order valence-electron chi connectivity index (χ4n) is 2.56. The van der Waals surface area contributed by atoms with Crippen LogP contribution in [0.5, 0.6) is 0 Å². The summed E-state index contributed by atoms with van der Waals surface area (Å²) < 4.78 is 0. The Bertz CT molecular complexity index is 360. The molecular formula is C13H21NO3. The van der Waals surface area contributed by atoms with E-state index in [0.29, 0.717) is 12.8 Å². The Hall–Kier alpha value is -0.900. The van der Waals surface area contributed by atoms with Crippen LogP contribution in [0.4, 0.5) is 0 Å². The van der Waals surface area contributed by atoms with Crippen LogP contribution >= 0.6 is 0 Å². The van der Waals surface area contributed by atoms with E-state index >= 15 is 0 Å². The number of nitrogens with zero attached hydrogens (tertiary/aromatic N) is 1. The third-order valence-electron chi connectivity index (χ3n) is 4.56. The number of rotatable bonds is 3. The zero-order valence-electron chi connectivity index (χ0n) is 10.8. The molecule has 0 aromatic carbocycles. The molecule has 1 aliphatic heterocycles. The molecule has 0 bridgehead atoms. The van der Waals surface area contributed by atoms with Gasteiger partial charge >= 0.3 is 0 Å². The Labute approximate surface area is 102 Å². The van der Waals surface area contributed by atoms with Gasteiger partial charge in [-0.2, -0.15) is 0 Å². The van der Waals surface area contributed by atoms with Crippen molar-refractivity contribution in [1.29, 1.82) is 0 Å². The van der Waals surface area contributed by atoms with Crippen LogP contribution in [0, 0.1) is 11.3 Å². The summed E-state index contributed by atoms with van der Waals surface area (Å²) in [5.74, 6) is -0.107. The third kappa shape index (κ3) is 1.88. The molecule has 1 N–H and O–H groups in total. The minimum absolute atomic E-state index is 0.113. The van der Waals surface area contributed by atoms with E-state index in [-0.39, 0.29) is 30.7 Å². The number of β-amino-alcohol motifs (C(OH)–C–C–N with tert-alkyl or cyclic N) is 1. The van der Waals surface area contributed by atoms with Crippen LogP contribution in [-0.2, 0) is 9.59 Å². The van der Waals surface area contributed by atoms with Gasteiger partial charge in [0.05, 0.1) is 17.6 Å². The van der Waals surface area contributed by atoms with E-state index in [4.69, 9.17) is 0 Å². The van der Waals surface area contributed by atoms with Gasteiger partial charge in [-0.05, 0) is 32.1 Å². The highest BCUT2D eigenvalue weighted by Gasteiger charge is 2.52. The molecule has 4 heteroatoms. The fourth-order valence-corrected chi connectivity index (χ4v) is 2.56. The van der Waals surface area contributed by atoms with E-state index in [2.05, 4.69) is 0 Å². The van der Waals surface area contributed by atoms with Gasteiger partial charge in [0.2, 0.25) is 11.8 Å². The first-order valence-electron chi connectivity index (χ1n) is 6.36. The number of amides is 2. The standard InChI is InChI=1S/C13H21NO3/c1-9(2)12(3)7-10(15)14(11(12)16)8-13(17)5-4-6-13/h9,17H,4-8H2,1-3H3. The topological polar surface area (TPSA) is 57.6 Å². The lowest BCUT2D eigenvalue weighted by Gasteiger charge is -2.39. The average molecular weight is 239 g/mol. The quantitative estimate of drug-likeness (QED) is 0.756. The minimum atomic E-state index is -0.812. The van der Waals surface area contributed by atoms with E-state index in [1.807, 2.05) is 20.8 Å². The molecule has 17 heavy (non-hydrogen) atoms. The van der Waals surface area contributed by atoms with Crippen molar-refractivity contribution < 1.29 is 14.7 Å². The summed E-state index contributed by atoms with van der Waals surface area (Å²) in [5, 5.41) is 10.1. The van der Waals surface area contributed by atoms with E-state index < -0.39 is 11.0 Å². The van der Waals surface area contributed by atoms with Crippen molar-refractivity contribution in [3.8, 4) is 0 Å². The fraction of sp³-hybridized carbons (Fsp3) is 0.846. The summed E-state index contributed by atoms with van der Waals surface area (Å²) in [5.41, 5.74) is -1.40. The van der Waals surface area contributed by atoms with Gasteiger partial charge in [-0.3, -0.25) is 14.5 Å². The molecule has 2 amide bonds. The lowest BCUT2D eigenvalue weighted by atomic mass is 9.77. The van der Waals surface area contributed by atoms with Crippen LogP contribution in [0.2, 0.25) is 0 Å². The van der Waals surface area contributed by atoms with Crippen molar-refractivity contribution >= 4 is 11.8 Å². The molecule has 1 saturated heterocycles. The van der Waals surface area contributed by atoms with Crippen molar-refractivity contribution in [2.24, 2.45) is 11.3 Å². The van der Waals surface area contributed by atoms with Gasteiger partial charge in [-0.15, -0.1) is 0 Å². The Balaban J connectivity index is 2.14. The highest BCUT2D eigenvalue weighted by molar-refractivity contribution is 6.05. The predicted molar refractivity (Wildman–Crippen MR) is 63.1 cm³/mol. The van der Waals surface area contributed by atoms with Gasteiger partial charge in [0, 0.05) is 6.42 Å². The van der Waals surface area contributed by atoms with Crippen molar-refractivity contribution in [2.45, 2.75) is 52.1 Å². The number of imide groups is 1. The summed E-state index contributed by atoms with van der Waals surface area (Å²) in [6.45, 7) is 5.97. The molecule has 1 heterocycles. The average Bonchev–Trinajstić information content (AvgIpc) is 2.41. The minimum Gasteiger partial charge on any atom is -0.388 e. The van der Waals surface area contributed by atoms with Crippen LogP contribution in [0.1, 0.15) is 46.5 Å². The van der Waals surface area contributed by atoms with Gasteiger partial charge in [0.1, 0.15) is 0 Å². The molecule has 0 spiro atoms. The molecular weight excluding hydrogens is 218 g/mol. The van der Waals surface area contributed by atoms with Crippen molar-refractivity contribution in [3.05, 3.63) is 0 Å². The Morgan fingerprint density at radius 3 is 2.29 bits per heavy atom. The molecule has 2 fully saturated rings. The molecule has 4 nitrogen and oxygen atoms in total. The summed E-state index contributed by atoms with van der Waals surface area (Å²) >= 11 is 0. The van der Waals surface area contributed by atoms with E-state index in [9.17, 15) is 14.7 Å². The van der Waals surface area contributed by atoms with Crippen LogP contribution < -0.4 is 0 Å². The molecule has 0 radical (unpaired) electrons. The summed E-state index contributed by atoms with van der Waals surface area (Å²) in [6, 6.07) is 0. The highest BCUT2D eigenvalue weighted by atomic mass is 16.3. The lowest BCUT2D eigenvalue weighted by molar-refractivity contribution is -0.149. The maximum atomic E-state index is 12.3. The zero-order chi connectivity index (χ0) is 12.8.